The number of aromatic hydroxyl groups is 1. The first-order valence-electron chi connectivity index (χ1n) is 7.25. The lowest BCUT2D eigenvalue weighted by atomic mass is 9.87. The topological polar surface area (TPSA) is 102 Å². The Kier molecular flexibility index (Phi) is 4.15. The highest BCUT2D eigenvalue weighted by Crippen LogP contribution is 2.32. The molecule has 1 unspecified atom stereocenters. The molecule has 0 fully saturated rings. The highest BCUT2D eigenvalue weighted by atomic mass is 16.3. The third-order valence-corrected chi connectivity index (χ3v) is 3.98. The SMILES string of the molecule is CC(Nc1c(Nc2c(O)cccc2C#N)c(=O)c1=O)C(C)(C)C. The van der Waals surface area contributed by atoms with E-state index in [4.69, 9.17) is 5.26 Å². The van der Waals surface area contributed by atoms with Gasteiger partial charge in [0.2, 0.25) is 0 Å². The van der Waals surface area contributed by atoms with Crippen molar-refractivity contribution in [1.29, 1.82) is 5.26 Å². The van der Waals surface area contributed by atoms with E-state index in [-0.39, 0.29) is 39.8 Å². The lowest BCUT2D eigenvalue weighted by Gasteiger charge is -2.30. The van der Waals surface area contributed by atoms with Gasteiger partial charge in [0.05, 0.1) is 11.3 Å². The summed E-state index contributed by atoms with van der Waals surface area (Å²) in [7, 11) is 0. The molecule has 120 valence electrons. The molecule has 2 rings (SSSR count). The van der Waals surface area contributed by atoms with Gasteiger partial charge in [-0.05, 0) is 24.5 Å². The third-order valence-electron chi connectivity index (χ3n) is 3.98. The van der Waals surface area contributed by atoms with E-state index >= 15 is 0 Å². The van der Waals surface area contributed by atoms with E-state index in [2.05, 4.69) is 10.6 Å². The van der Waals surface area contributed by atoms with Crippen LogP contribution in [0.1, 0.15) is 33.3 Å². The predicted octanol–water partition coefficient (Wildman–Crippen LogP) is 2.45. The second kappa shape index (κ2) is 5.76. The first-order chi connectivity index (χ1) is 10.7. The van der Waals surface area contributed by atoms with E-state index < -0.39 is 10.9 Å². The fourth-order valence-electron chi connectivity index (χ4n) is 1.97. The average Bonchev–Trinajstić information content (AvgIpc) is 2.50. The second-order valence-electron chi connectivity index (χ2n) is 6.58. The minimum atomic E-state index is -0.666. The number of benzene rings is 1. The number of hydrogen-bond donors (Lipinski definition) is 3. The van der Waals surface area contributed by atoms with Gasteiger partial charge < -0.3 is 15.7 Å². The van der Waals surface area contributed by atoms with Gasteiger partial charge in [-0.25, -0.2) is 0 Å². The molecule has 0 aliphatic heterocycles. The molecular weight excluding hydrogens is 294 g/mol. The van der Waals surface area contributed by atoms with E-state index in [0.717, 1.165) is 0 Å². The largest absolute Gasteiger partial charge is 0.506 e. The summed E-state index contributed by atoms with van der Waals surface area (Å²) >= 11 is 0. The number of phenols is 1. The van der Waals surface area contributed by atoms with Gasteiger partial charge in [-0.3, -0.25) is 9.59 Å². The van der Waals surface area contributed by atoms with E-state index in [1.54, 1.807) is 0 Å². The first-order valence-corrected chi connectivity index (χ1v) is 7.25. The molecule has 0 aliphatic carbocycles. The van der Waals surface area contributed by atoms with Crippen LogP contribution in [0.2, 0.25) is 0 Å². The third kappa shape index (κ3) is 3.04. The fraction of sp³-hybridized carbons (Fsp3) is 0.353. The molecule has 0 aliphatic rings. The van der Waals surface area contributed by atoms with Gasteiger partial charge in [-0.1, -0.05) is 26.8 Å². The Morgan fingerprint density at radius 3 is 2.30 bits per heavy atom. The van der Waals surface area contributed by atoms with Crippen LogP contribution >= 0.6 is 0 Å². The standard InChI is InChI=1S/C17H19N3O3/c1-9(17(2,3)4)19-13-14(16(23)15(13)22)20-12-10(8-18)6-5-7-11(12)21/h5-7,9,19-21H,1-4H3. The van der Waals surface area contributed by atoms with Gasteiger partial charge in [0.15, 0.2) is 0 Å². The van der Waals surface area contributed by atoms with Gasteiger partial charge >= 0.3 is 0 Å². The number of para-hydroxylation sites is 1. The minimum absolute atomic E-state index is 0.0499. The van der Waals surface area contributed by atoms with Crippen molar-refractivity contribution in [2.75, 3.05) is 10.6 Å². The second-order valence-corrected chi connectivity index (χ2v) is 6.58. The van der Waals surface area contributed by atoms with Gasteiger partial charge in [-0.2, -0.15) is 5.26 Å². The van der Waals surface area contributed by atoms with Crippen LogP contribution in [0.5, 0.6) is 5.75 Å². The summed E-state index contributed by atoms with van der Waals surface area (Å²) < 4.78 is 0. The molecule has 0 aromatic heterocycles. The first kappa shape index (κ1) is 16.6. The van der Waals surface area contributed by atoms with Crippen LogP contribution in [0.3, 0.4) is 0 Å². The van der Waals surface area contributed by atoms with Crippen molar-refractivity contribution in [2.45, 2.75) is 33.7 Å². The zero-order valence-corrected chi connectivity index (χ0v) is 13.5. The van der Waals surface area contributed by atoms with Crippen molar-refractivity contribution in [3.63, 3.8) is 0 Å². The molecule has 3 N–H and O–H groups in total. The van der Waals surface area contributed by atoms with Crippen LogP contribution in [-0.2, 0) is 0 Å². The molecule has 0 saturated carbocycles. The number of nitriles is 1. The average molecular weight is 313 g/mol. The van der Waals surface area contributed by atoms with Crippen LogP contribution in [0.25, 0.3) is 0 Å². The molecule has 23 heavy (non-hydrogen) atoms. The molecule has 2 aromatic rings. The quantitative estimate of drug-likeness (QED) is 0.592. The molecule has 6 nitrogen and oxygen atoms in total. The van der Waals surface area contributed by atoms with Crippen LogP contribution in [0.15, 0.2) is 27.8 Å². The van der Waals surface area contributed by atoms with E-state index in [0.29, 0.717) is 0 Å². The number of nitrogens with zero attached hydrogens (tertiary/aromatic N) is 1. The van der Waals surface area contributed by atoms with E-state index in [9.17, 15) is 14.7 Å². The summed E-state index contributed by atoms with van der Waals surface area (Å²) in [6.07, 6.45) is 0. The lowest BCUT2D eigenvalue weighted by Crippen LogP contribution is -2.41. The van der Waals surface area contributed by atoms with Crippen molar-refractivity contribution in [3.8, 4) is 11.8 Å². The summed E-state index contributed by atoms with van der Waals surface area (Å²) in [5, 5.41) is 24.8. The number of nitrogens with one attached hydrogen (secondary N) is 2. The number of phenolic OH excluding ortho intramolecular Hbond substituents is 1. The smallest absolute Gasteiger partial charge is 0.253 e. The molecule has 0 radical (unpaired) electrons. The van der Waals surface area contributed by atoms with Gasteiger partial charge in [-0.15, -0.1) is 0 Å². The zero-order chi connectivity index (χ0) is 17.4. The monoisotopic (exact) mass is 313 g/mol. The van der Waals surface area contributed by atoms with Gasteiger partial charge in [0.1, 0.15) is 23.2 Å². The maximum Gasteiger partial charge on any atom is 0.253 e. The Balaban J connectivity index is 2.38. The molecule has 0 heterocycles. The van der Waals surface area contributed by atoms with Gasteiger partial charge in [0.25, 0.3) is 10.9 Å². The number of anilines is 3. The maximum atomic E-state index is 11.8. The summed E-state index contributed by atoms with van der Waals surface area (Å²) in [6, 6.07) is 6.33. The summed E-state index contributed by atoms with van der Waals surface area (Å²) in [6.45, 7) is 7.96. The maximum absolute atomic E-state index is 11.8. The Morgan fingerprint density at radius 2 is 1.74 bits per heavy atom. The number of hydrogen-bond acceptors (Lipinski definition) is 6. The highest BCUT2D eigenvalue weighted by molar-refractivity contribution is 5.82. The molecule has 6 heteroatoms. The van der Waals surface area contributed by atoms with Crippen LogP contribution in [0.4, 0.5) is 17.1 Å². The highest BCUT2D eigenvalue weighted by Gasteiger charge is 2.27. The van der Waals surface area contributed by atoms with Crippen LogP contribution in [0, 0.1) is 16.7 Å². The summed E-state index contributed by atoms with van der Waals surface area (Å²) in [5.41, 5.74) is -0.808. The Labute approximate surface area is 134 Å². The van der Waals surface area contributed by atoms with E-state index in [1.165, 1.54) is 18.2 Å². The molecule has 1 atom stereocenters. The van der Waals surface area contributed by atoms with Crippen LogP contribution in [-0.4, -0.2) is 11.1 Å². The predicted molar refractivity (Wildman–Crippen MR) is 90.0 cm³/mol. The van der Waals surface area contributed by atoms with Crippen molar-refractivity contribution >= 4 is 17.1 Å². The molecule has 2 aromatic carbocycles. The molecule has 0 amide bonds. The summed E-state index contributed by atoms with van der Waals surface area (Å²) in [4.78, 5) is 23.7. The fourth-order valence-corrected chi connectivity index (χ4v) is 1.97. The lowest BCUT2D eigenvalue weighted by molar-refractivity contribution is 0.359. The normalized spacial score (nSPS) is 12.7. The molecular formula is C17H19N3O3. The summed E-state index contributed by atoms with van der Waals surface area (Å²) in [5.74, 6) is -0.160. The zero-order valence-electron chi connectivity index (χ0n) is 13.5. The van der Waals surface area contributed by atoms with Crippen molar-refractivity contribution in [1.82, 2.24) is 0 Å². The molecule has 0 spiro atoms. The molecule has 0 bridgehead atoms. The van der Waals surface area contributed by atoms with E-state index in [1.807, 2.05) is 33.8 Å². The van der Waals surface area contributed by atoms with Crippen molar-refractivity contribution < 1.29 is 5.11 Å². The minimum Gasteiger partial charge on any atom is -0.506 e. The molecule has 0 saturated heterocycles. The Bertz CT molecular complexity index is 849. The van der Waals surface area contributed by atoms with Crippen molar-refractivity contribution in [3.05, 3.63) is 44.2 Å². The van der Waals surface area contributed by atoms with Crippen LogP contribution < -0.4 is 21.5 Å². The van der Waals surface area contributed by atoms with Gasteiger partial charge in [0, 0.05) is 6.04 Å². The van der Waals surface area contributed by atoms with Crippen molar-refractivity contribution in [2.24, 2.45) is 5.41 Å². The Morgan fingerprint density at radius 1 is 1.13 bits per heavy atom. The Hall–Kier alpha value is -2.81. The number of rotatable bonds is 4.